The summed E-state index contributed by atoms with van der Waals surface area (Å²) < 4.78 is 5.74. The van der Waals surface area contributed by atoms with Gasteiger partial charge in [0.15, 0.2) is 0 Å². The molecule has 0 fully saturated rings. The molecule has 1 rings (SSSR count). The van der Waals surface area contributed by atoms with Gasteiger partial charge in [0.1, 0.15) is 12.1 Å². The van der Waals surface area contributed by atoms with Crippen LogP contribution in [0.1, 0.15) is 0 Å². The molecule has 0 saturated carbocycles. The number of methoxy groups -OCH3 is 1. The highest BCUT2D eigenvalue weighted by Crippen LogP contribution is 2.16. The number of aromatic nitrogens is 2. The summed E-state index contributed by atoms with van der Waals surface area (Å²) >= 11 is 3.32. The van der Waals surface area contributed by atoms with Crippen molar-refractivity contribution in [3.05, 3.63) is 17.0 Å². The number of halogens is 1. The first kappa shape index (κ1) is 9.41. The smallest absolute Gasteiger partial charge is 0.143 e. The van der Waals surface area contributed by atoms with E-state index in [1.54, 1.807) is 13.3 Å². The highest BCUT2D eigenvalue weighted by Gasteiger charge is 1.97. The van der Waals surface area contributed by atoms with E-state index in [-0.39, 0.29) is 0 Å². The molecule has 0 unspecified atom stereocenters. The van der Waals surface area contributed by atoms with Gasteiger partial charge in [-0.05, 0) is 15.9 Å². The first-order chi connectivity index (χ1) is 5.84. The highest BCUT2D eigenvalue weighted by atomic mass is 79.9. The maximum atomic E-state index is 4.88. The Kier molecular flexibility index (Phi) is 3.96. The van der Waals surface area contributed by atoms with Crippen LogP contribution in [0.3, 0.4) is 0 Å². The van der Waals surface area contributed by atoms with E-state index in [0.717, 1.165) is 16.8 Å². The summed E-state index contributed by atoms with van der Waals surface area (Å²) in [5.74, 6) is 0.794. The molecule has 1 heterocycles. The molecule has 12 heavy (non-hydrogen) atoms. The zero-order chi connectivity index (χ0) is 8.81. The number of hydrogen-bond donors (Lipinski definition) is 1. The van der Waals surface area contributed by atoms with Gasteiger partial charge in [0.05, 0.1) is 11.1 Å². The predicted molar refractivity (Wildman–Crippen MR) is 50.1 cm³/mol. The third-order valence-electron chi connectivity index (χ3n) is 1.27. The van der Waals surface area contributed by atoms with Crippen LogP contribution in [0, 0.1) is 0 Å². The third kappa shape index (κ3) is 2.75. The van der Waals surface area contributed by atoms with Crippen LogP contribution in [0.15, 0.2) is 17.0 Å². The average molecular weight is 232 g/mol. The van der Waals surface area contributed by atoms with Crippen LogP contribution >= 0.6 is 15.9 Å². The Morgan fingerprint density at radius 2 is 2.50 bits per heavy atom. The Labute approximate surface area is 79.5 Å². The largest absolute Gasteiger partial charge is 0.383 e. The van der Waals surface area contributed by atoms with Crippen LogP contribution in [-0.4, -0.2) is 30.2 Å². The molecule has 0 aromatic carbocycles. The molecule has 0 saturated heterocycles. The van der Waals surface area contributed by atoms with Gasteiger partial charge >= 0.3 is 0 Å². The lowest BCUT2D eigenvalue weighted by atomic mass is 10.5. The topological polar surface area (TPSA) is 47.0 Å². The molecule has 0 spiro atoms. The summed E-state index contributed by atoms with van der Waals surface area (Å²) in [6.07, 6.45) is 3.20. The Morgan fingerprint density at radius 3 is 3.17 bits per heavy atom. The zero-order valence-corrected chi connectivity index (χ0v) is 8.34. The van der Waals surface area contributed by atoms with Crippen LogP contribution in [0.25, 0.3) is 0 Å². The minimum Gasteiger partial charge on any atom is -0.383 e. The van der Waals surface area contributed by atoms with Crippen molar-refractivity contribution >= 4 is 21.7 Å². The van der Waals surface area contributed by atoms with Gasteiger partial charge in [-0.1, -0.05) is 0 Å². The van der Waals surface area contributed by atoms with Gasteiger partial charge < -0.3 is 10.1 Å². The number of nitrogens with one attached hydrogen (secondary N) is 1. The maximum absolute atomic E-state index is 4.88. The van der Waals surface area contributed by atoms with Crippen molar-refractivity contribution < 1.29 is 4.74 Å². The van der Waals surface area contributed by atoms with E-state index in [1.165, 1.54) is 6.33 Å². The summed E-state index contributed by atoms with van der Waals surface area (Å²) in [6.45, 7) is 1.41. The fourth-order valence-electron chi connectivity index (χ4n) is 0.714. The summed E-state index contributed by atoms with van der Waals surface area (Å²) in [7, 11) is 1.66. The van der Waals surface area contributed by atoms with Crippen molar-refractivity contribution in [2.24, 2.45) is 0 Å². The quantitative estimate of drug-likeness (QED) is 0.794. The van der Waals surface area contributed by atoms with E-state index in [2.05, 4.69) is 31.2 Å². The van der Waals surface area contributed by atoms with E-state index in [9.17, 15) is 0 Å². The minimum absolute atomic E-state index is 0.663. The van der Waals surface area contributed by atoms with Gasteiger partial charge in [0, 0.05) is 19.9 Å². The van der Waals surface area contributed by atoms with Gasteiger partial charge in [-0.3, -0.25) is 0 Å². The molecule has 4 nitrogen and oxygen atoms in total. The summed E-state index contributed by atoms with van der Waals surface area (Å²) in [5.41, 5.74) is 0. The highest BCUT2D eigenvalue weighted by molar-refractivity contribution is 9.10. The first-order valence-corrected chi connectivity index (χ1v) is 4.32. The van der Waals surface area contributed by atoms with Gasteiger partial charge in [-0.25, -0.2) is 9.97 Å². The molecule has 1 aromatic heterocycles. The molecule has 0 bridgehead atoms. The zero-order valence-electron chi connectivity index (χ0n) is 6.75. The number of nitrogens with zero attached hydrogens (tertiary/aromatic N) is 2. The monoisotopic (exact) mass is 231 g/mol. The molecule has 0 aliphatic carbocycles. The molecule has 0 aliphatic heterocycles. The van der Waals surface area contributed by atoms with E-state index in [1.807, 2.05) is 0 Å². The first-order valence-electron chi connectivity index (χ1n) is 3.53. The standard InChI is InChI=1S/C7H10BrN3O/c1-12-3-2-10-7-6(8)4-9-5-11-7/h4-5H,2-3H2,1H3,(H,9,10,11). The molecule has 1 aromatic rings. The second-order valence-corrected chi connectivity index (χ2v) is 2.99. The lowest BCUT2D eigenvalue weighted by molar-refractivity contribution is 0.210. The third-order valence-corrected chi connectivity index (χ3v) is 1.85. The molecule has 0 radical (unpaired) electrons. The van der Waals surface area contributed by atoms with Gasteiger partial charge in [0.25, 0.3) is 0 Å². The molecule has 0 aliphatic rings. The summed E-state index contributed by atoms with van der Waals surface area (Å²) in [6, 6.07) is 0. The van der Waals surface area contributed by atoms with E-state index in [0.29, 0.717) is 6.61 Å². The van der Waals surface area contributed by atoms with Crippen molar-refractivity contribution in [1.29, 1.82) is 0 Å². The SMILES string of the molecule is COCCNc1ncncc1Br. The summed E-state index contributed by atoms with van der Waals surface area (Å²) in [4.78, 5) is 7.87. The Morgan fingerprint density at radius 1 is 1.67 bits per heavy atom. The van der Waals surface area contributed by atoms with E-state index >= 15 is 0 Å². The van der Waals surface area contributed by atoms with Crippen molar-refractivity contribution in [2.75, 3.05) is 25.6 Å². The van der Waals surface area contributed by atoms with E-state index in [4.69, 9.17) is 4.74 Å². The minimum atomic E-state index is 0.663. The maximum Gasteiger partial charge on any atom is 0.143 e. The molecule has 0 atom stereocenters. The van der Waals surface area contributed by atoms with Crippen molar-refractivity contribution in [3.63, 3.8) is 0 Å². The van der Waals surface area contributed by atoms with Gasteiger partial charge in [-0.15, -0.1) is 0 Å². The Bertz CT molecular complexity index is 244. The van der Waals surface area contributed by atoms with Crippen molar-refractivity contribution in [2.45, 2.75) is 0 Å². The fraction of sp³-hybridized carbons (Fsp3) is 0.429. The normalized spacial score (nSPS) is 9.83. The number of rotatable bonds is 4. The average Bonchev–Trinajstić information content (AvgIpc) is 2.09. The Balaban J connectivity index is 2.46. The molecule has 1 N–H and O–H groups in total. The molecular weight excluding hydrogens is 222 g/mol. The van der Waals surface area contributed by atoms with Gasteiger partial charge in [-0.2, -0.15) is 0 Å². The molecular formula is C7H10BrN3O. The van der Waals surface area contributed by atoms with E-state index < -0.39 is 0 Å². The molecule has 0 amide bonds. The van der Waals surface area contributed by atoms with Crippen LogP contribution in [-0.2, 0) is 4.74 Å². The molecule has 66 valence electrons. The second-order valence-electron chi connectivity index (χ2n) is 2.14. The summed E-state index contributed by atoms with van der Waals surface area (Å²) in [5, 5.41) is 3.09. The lowest BCUT2D eigenvalue weighted by Crippen LogP contribution is -2.09. The van der Waals surface area contributed by atoms with Crippen molar-refractivity contribution in [3.8, 4) is 0 Å². The van der Waals surface area contributed by atoms with Crippen LogP contribution in [0.5, 0.6) is 0 Å². The van der Waals surface area contributed by atoms with Crippen LogP contribution in [0.2, 0.25) is 0 Å². The van der Waals surface area contributed by atoms with Crippen molar-refractivity contribution in [1.82, 2.24) is 9.97 Å². The second kappa shape index (κ2) is 5.05. The van der Waals surface area contributed by atoms with Crippen LogP contribution < -0.4 is 5.32 Å². The Hall–Kier alpha value is -0.680. The lowest BCUT2D eigenvalue weighted by Gasteiger charge is -2.04. The molecule has 5 heteroatoms. The fourth-order valence-corrected chi connectivity index (χ4v) is 1.07. The number of ether oxygens (including phenoxy) is 1. The van der Waals surface area contributed by atoms with Gasteiger partial charge in [0.2, 0.25) is 0 Å². The van der Waals surface area contributed by atoms with Crippen LogP contribution in [0.4, 0.5) is 5.82 Å². The number of hydrogen-bond acceptors (Lipinski definition) is 4. The predicted octanol–water partition coefficient (Wildman–Crippen LogP) is 1.30. The number of anilines is 1.